The number of carbonyl (C=O) groups is 2. The number of rotatable bonds is 2. The first-order valence-electron chi connectivity index (χ1n) is 3.88. The molecule has 5 heteroatoms. The highest BCUT2D eigenvalue weighted by Gasteiger charge is 2.30. The second-order valence-corrected chi connectivity index (χ2v) is 3.00. The van der Waals surface area contributed by atoms with Gasteiger partial charge in [0, 0.05) is 32.5 Å². The quantitative estimate of drug-likeness (QED) is 0.567. The first-order valence-corrected chi connectivity index (χ1v) is 3.88. The summed E-state index contributed by atoms with van der Waals surface area (Å²) in [5.74, 6) is -0.0312. The standard InChI is InChI=1S/C7H13N3O2/c1-9-7(12)10-3-5(4-10)2-6(8)11/h5H,2-4H2,1H3,(H2,8,11)(H,9,12). The molecule has 3 N–H and O–H groups in total. The van der Waals surface area contributed by atoms with E-state index in [9.17, 15) is 9.59 Å². The normalized spacial score (nSPS) is 16.9. The molecule has 0 radical (unpaired) electrons. The van der Waals surface area contributed by atoms with E-state index < -0.39 is 0 Å². The Morgan fingerprint density at radius 2 is 2.17 bits per heavy atom. The Morgan fingerprint density at radius 1 is 1.58 bits per heavy atom. The number of urea groups is 1. The number of amides is 3. The number of hydrogen-bond acceptors (Lipinski definition) is 2. The van der Waals surface area contributed by atoms with E-state index in [4.69, 9.17) is 5.73 Å². The van der Waals surface area contributed by atoms with Crippen LogP contribution in [0.25, 0.3) is 0 Å². The van der Waals surface area contributed by atoms with Crippen molar-refractivity contribution in [3.8, 4) is 0 Å². The predicted octanol–water partition coefficient (Wildman–Crippen LogP) is -0.867. The fraction of sp³-hybridized carbons (Fsp3) is 0.714. The molecule has 5 nitrogen and oxygen atoms in total. The molecule has 0 aromatic rings. The van der Waals surface area contributed by atoms with Gasteiger partial charge in [-0.05, 0) is 0 Å². The molecule has 3 amide bonds. The summed E-state index contributed by atoms with van der Waals surface area (Å²) >= 11 is 0. The zero-order valence-corrected chi connectivity index (χ0v) is 7.04. The Bertz CT molecular complexity index is 199. The molecule has 0 aromatic carbocycles. The van der Waals surface area contributed by atoms with Gasteiger partial charge in [0.2, 0.25) is 5.91 Å². The summed E-state index contributed by atoms with van der Waals surface area (Å²) < 4.78 is 0. The summed E-state index contributed by atoms with van der Waals surface area (Å²) in [7, 11) is 1.59. The zero-order valence-electron chi connectivity index (χ0n) is 7.04. The van der Waals surface area contributed by atoms with Crippen molar-refractivity contribution in [2.75, 3.05) is 20.1 Å². The monoisotopic (exact) mass is 171 g/mol. The lowest BCUT2D eigenvalue weighted by Gasteiger charge is -2.38. The van der Waals surface area contributed by atoms with Gasteiger partial charge >= 0.3 is 6.03 Å². The SMILES string of the molecule is CNC(=O)N1CC(CC(N)=O)C1. The summed E-state index contributed by atoms with van der Waals surface area (Å²) in [6, 6.07) is -0.0873. The smallest absolute Gasteiger partial charge is 0.317 e. The molecule has 1 saturated heterocycles. The number of nitrogens with one attached hydrogen (secondary N) is 1. The minimum absolute atomic E-state index is 0.0873. The van der Waals surface area contributed by atoms with Crippen LogP contribution in [0.3, 0.4) is 0 Å². The van der Waals surface area contributed by atoms with Gasteiger partial charge in [-0.3, -0.25) is 4.79 Å². The number of primary amides is 1. The lowest BCUT2D eigenvalue weighted by molar-refractivity contribution is -0.119. The van der Waals surface area contributed by atoms with Crippen molar-refractivity contribution in [2.24, 2.45) is 11.7 Å². The van der Waals surface area contributed by atoms with Crippen molar-refractivity contribution in [2.45, 2.75) is 6.42 Å². The Labute approximate surface area is 70.9 Å². The van der Waals surface area contributed by atoms with Crippen LogP contribution in [0, 0.1) is 5.92 Å². The molecule has 68 valence electrons. The fourth-order valence-corrected chi connectivity index (χ4v) is 1.31. The average molecular weight is 171 g/mol. The Balaban J connectivity index is 2.20. The van der Waals surface area contributed by atoms with Gasteiger partial charge in [0.05, 0.1) is 0 Å². The third-order valence-corrected chi connectivity index (χ3v) is 1.95. The lowest BCUT2D eigenvalue weighted by atomic mass is 9.97. The van der Waals surface area contributed by atoms with Crippen LogP contribution in [0.4, 0.5) is 4.79 Å². The van der Waals surface area contributed by atoms with Crippen molar-refractivity contribution in [3.05, 3.63) is 0 Å². The van der Waals surface area contributed by atoms with E-state index in [0.29, 0.717) is 19.5 Å². The van der Waals surface area contributed by atoms with Crippen LogP contribution in [-0.4, -0.2) is 37.0 Å². The van der Waals surface area contributed by atoms with E-state index in [-0.39, 0.29) is 17.9 Å². The van der Waals surface area contributed by atoms with Gasteiger partial charge in [0.25, 0.3) is 0 Å². The second kappa shape index (κ2) is 3.42. The number of carbonyl (C=O) groups excluding carboxylic acids is 2. The first kappa shape index (κ1) is 8.83. The van der Waals surface area contributed by atoms with E-state index in [2.05, 4.69) is 5.32 Å². The first-order chi connectivity index (χ1) is 5.63. The predicted molar refractivity (Wildman–Crippen MR) is 43.3 cm³/mol. The maximum Gasteiger partial charge on any atom is 0.317 e. The van der Waals surface area contributed by atoms with E-state index >= 15 is 0 Å². The molecule has 0 aliphatic carbocycles. The second-order valence-electron chi connectivity index (χ2n) is 3.00. The molecule has 1 aliphatic rings. The Kier molecular flexibility index (Phi) is 2.52. The third-order valence-electron chi connectivity index (χ3n) is 1.95. The highest BCUT2D eigenvalue weighted by Crippen LogP contribution is 2.17. The zero-order chi connectivity index (χ0) is 9.14. The lowest BCUT2D eigenvalue weighted by Crippen LogP contribution is -2.53. The average Bonchev–Trinajstić information content (AvgIpc) is 1.94. The molecular weight excluding hydrogens is 158 g/mol. The van der Waals surface area contributed by atoms with E-state index in [1.165, 1.54) is 0 Å². The van der Waals surface area contributed by atoms with Crippen molar-refractivity contribution < 1.29 is 9.59 Å². The summed E-state index contributed by atoms with van der Waals surface area (Å²) in [5, 5.41) is 2.51. The van der Waals surface area contributed by atoms with Crippen molar-refractivity contribution in [1.82, 2.24) is 10.2 Å². The molecule has 0 unspecified atom stereocenters. The van der Waals surface area contributed by atoms with E-state index in [0.717, 1.165) is 0 Å². The minimum Gasteiger partial charge on any atom is -0.370 e. The fourth-order valence-electron chi connectivity index (χ4n) is 1.31. The van der Waals surface area contributed by atoms with Crippen LogP contribution >= 0.6 is 0 Å². The van der Waals surface area contributed by atoms with Crippen LogP contribution in [0.15, 0.2) is 0 Å². The molecule has 0 aromatic heterocycles. The summed E-state index contributed by atoms with van der Waals surface area (Å²) in [6.45, 7) is 1.28. The van der Waals surface area contributed by atoms with E-state index in [1.807, 2.05) is 0 Å². The number of likely N-dealkylation sites (tertiary alicyclic amines) is 1. The van der Waals surface area contributed by atoms with E-state index in [1.54, 1.807) is 11.9 Å². The van der Waals surface area contributed by atoms with Crippen LogP contribution in [-0.2, 0) is 4.79 Å². The van der Waals surface area contributed by atoms with Crippen LogP contribution in [0.2, 0.25) is 0 Å². The minimum atomic E-state index is -0.295. The van der Waals surface area contributed by atoms with Crippen molar-refractivity contribution >= 4 is 11.9 Å². The largest absolute Gasteiger partial charge is 0.370 e. The van der Waals surface area contributed by atoms with Gasteiger partial charge in [0.1, 0.15) is 0 Å². The summed E-state index contributed by atoms with van der Waals surface area (Å²) in [4.78, 5) is 23.0. The summed E-state index contributed by atoms with van der Waals surface area (Å²) in [5.41, 5.74) is 5.00. The van der Waals surface area contributed by atoms with Crippen LogP contribution in [0.1, 0.15) is 6.42 Å². The molecule has 0 bridgehead atoms. The maximum absolute atomic E-state index is 10.9. The third kappa shape index (κ3) is 1.87. The Morgan fingerprint density at radius 3 is 2.58 bits per heavy atom. The molecule has 1 aliphatic heterocycles. The number of nitrogens with zero attached hydrogens (tertiary/aromatic N) is 1. The molecule has 12 heavy (non-hydrogen) atoms. The van der Waals surface area contributed by atoms with Gasteiger partial charge in [-0.1, -0.05) is 0 Å². The maximum atomic E-state index is 10.9. The van der Waals surface area contributed by atoms with Gasteiger partial charge < -0.3 is 16.0 Å². The molecule has 1 fully saturated rings. The van der Waals surface area contributed by atoms with Gasteiger partial charge in [-0.25, -0.2) is 4.79 Å². The molecule has 0 atom stereocenters. The van der Waals surface area contributed by atoms with Gasteiger partial charge in [-0.15, -0.1) is 0 Å². The topological polar surface area (TPSA) is 75.4 Å². The van der Waals surface area contributed by atoms with Gasteiger partial charge in [0.15, 0.2) is 0 Å². The molecule has 0 saturated carbocycles. The molecule has 1 heterocycles. The van der Waals surface area contributed by atoms with Crippen molar-refractivity contribution in [1.29, 1.82) is 0 Å². The number of hydrogen-bond donors (Lipinski definition) is 2. The highest BCUT2D eigenvalue weighted by atomic mass is 16.2. The molecule has 0 spiro atoms. The van der Waals surface area contributed by atoms with Gasteiger partial charge in [-0.2, -0.15) is 0 Å². The van der Waals surface area contributed by atoms with Crippen LogP contribution in [0.5, 0.6) is 0 Å². The van der Waals surface area contributed by atoms with Crippen LogP contribution < -0.4 is 11.1 Å². The number of nitrogens with two attached hydrogens (primary N) is 1. The highest BCUT2D eigenvalue weighted by molar-refractivity contribution is 5.76. The van der Waals surface area contributed by atoms with Crippen molar-refractivity contribution in [3.63, 3.8) is 0 Å². The molecule has 1 rings (SSSR count). The molecular formula is C7H13N3O2. The Hall–Kier alpha value is -1.26. The summed E-state index contributed by atoms with van der Waals surface area (Å²) in [6.07, 6.45) is 0.382.